The van der Waals surface area contributed by atoms with E-state index in [9.17, 15) is 4.79 Å². The van der Waals surface area contributed by atoms with Gasteiger partial charge in [-0.2, -0.15) is 0 Å². The molecule has 2 heterocycles. The van der Waals surface area contributed by atoms with Gasteiger partial charge in [-0.25, -0.2) is 4.98 Å². The van der Waals surface area contributed by atoms with Crippen LogP contribution in [-0.4, -0.2) is 33.4 Å². The summed E-state index contributed by atoms with van der Waals surface area (Å²) in [5.74, 6) is 0.755. The number of H-pyrrole nitrogens is 1. The molecule has 0 radical (unpaired) electrons. The Bertz CT molecular complexity index is 673. The largest absolute Gasteiger partial charge is 0.345 e. The van der Waals surface area contributed by atoms with E-state index in [0.717, 1.165) is 29.6 Å². The molecule has 1 saturated heterocycles. The van der Waals surface area contributed by atoms with Gasteiger partial charge in [0.15, 0.2) is 0 Å². The molecule has 2 unspecified atom stereocenters. The maximum Gasteiger partial charge on any atom is 0.254 e. The van der Waals surface area contributed by atoms with E-state index < -0.39 is 0 Å². The zero-order valence-electron chi connectivity index (χ0n) is 13.2. The highest BCUT2D eigenvalue weighted by Crippen LogP contribution is 2.40. The van der Waals surface area contributed by atoms with Crippen LogP contribution in [0.1, 0.15) is 44.5 Å². The van der Waals surface area contributed by atoms with Crippen LogP contribution >= 0.6 is 0 Å². The molecule has 1 aromatic carbocycles. The van der Waals surface area contributed by atoms with E-state index in [1.807, 2.05) is 23.1 Å². The van der Waals surface area contributed by atoms with Gasteiger partial charge in [0.2, 0.25) is 0 Å². The predicted octanol–water partition coefficient (Wildman–Crippen LogP) is 3.46. The lowest BCUT2D eigenvalue weighted by Crippen LogP contribution is -2.54. The molecule has 21 heavy (non-hydrogen) atoms. The zero-order valence-corrected chi connectivity index (χ0v) is 13.2. The molecule has 0 aliphatic carbocycles. The number of aromatic nitrogens is 2. The van der Waals surface area contributed by atoms with Gasteiger partial charge in [-0.05, 0) is 42.9 Å². The predicted molar refractivity (Wildman–Crippen MR) is 84.2 cm³/mol. The normalized spacial score (nSPS) is 25.2. The molecule has 1 amide bonds. The number of nitrogens with one attached hydrogen (secondary N) is 1. The molecule has 2 atom stereocenters. The molecule has 1 aromatic heterocycles. The molecule has 1 fully saturated rings. The Balaban J connectivity index is 1.90. The fraction of sp³-hybridized carbons (Fsp3) is 0.529. The van der Waals surface area contributed by atoms with E-state index in [-0.39, 0.29) is 17.4 Å². The van der Waals surface area contributed by atoms with Crippen molar-refractivity contribution in [1.82, 2.24) is 14.9 Å². The molecule has 0 saturated carbocycles. The first-order valence-corrected chi connectivity index (χ1v) is 7.65. The Morgan fingerprint density at radius 2 is 2.14 bits per heavy atom. The van der Waals surface area contributed by atoms with Crippen molar-refractivity contribution in [3.8, 4) is 0 Å². The Hall–Kier alpha value is -1.84. The number of benzene rings is 1. The summed E-state index contributed by atoms with van der Waals surface area (Å²) in [5.41, 5.74) is 2.70. The molecule has 112 valence electrons. The second kappa shape index (κ2) is 4.86. The molecular formula is C17H23N3O. The Morgan fingerprint density at radius 3 is 2.90 bits per heavy atom. The van der Waals surface area contributed by atoms with Gasteiger partial charge in [0.25, 0.3) is 5.91 Å². The van der Waals surface area contributed by atoms with Crippen molar-refractivity contribution in [3.63, 3.8) is 0 Å². The number of likely N-dealkylation sites (tertiary alicyclic amines) is 1. The quantitative estimate of drug-likeness (QED) is 0.872. The van der Waals surface area contributed by atoms with E-state index in [1.165, 1.54) is 0 Å². The highest BCUT2D eigenvalue weighted by molar-refractivity contribution is 5.97. The number of carbonyl (C=O) groups is 1. The highest BCUT2D eigenvalue weighted by Gasteiger charge is 2.41. The lowest BCUT2D eigenvalue weighted by Gasteiger charge is -2.48. The number of hydrogen-bond donors (Lipinski definition) is 1. The van der Waals surface area contributed by atoms with Crippen LogP contribution in [0.5, 0.6) is 0 Å². The number of imidazole rings is 1. The van der Waals surface area contributed by atoms with Gasteiger partial charge in [0.05, 0.1) is 17.4 Å². The topological polar surface area (TPSA) is 49.0 Å². The van der Waals surface area contributed by atoms with Gasteiger partial charge >= 0.3 is 0 Å². The van der Waals surface area contributed by atoms with Crippen molar-refractivity contribution in [2.75, 3.05) is 6.54 Å². The van der Waals surface area contributed by atoms with E-state index >= 15 is 0 Å². The van der Waals surface area contributed by atoms with Crippen molar-refractivity contribution in [2.24, 2.45) is 11.3 Å². The van der Waals surface area contributed by atoms with Crippen molar-refractivity contribution in [2.45, 2.75) is 40.2 Å². The summed E-state index contributed by atoms with van der Waals surface area (Å²) in [7, 11) is 0. The van der Waals surface area contributed by atoms with Crippen molar-refractivity contribution in [3.05, 3.63) is 30.1 Å². The molecular weight excluding hydrogens is 262 g/mol. The molecule has 4 heteroatoms. The summed E-state index contributed by atoms with van der Waals surface area (Å²) >= 11 is 0. The number of rotatable bonds is 1. The van der Waals surface area contributed by atoms with E-state index in [2.05, 4.69) is 37.7 Å². The minimum absolute atomic E-state index is 0.124. The van der Waals surface area contributed by atoms with Crippen LogP contribution in [0.25, 0.3) is 11.0 Å². The first-order chi connectivity index (χ1) is 9.91. The van der Waals surface area contributed by atoms with Gasteiger partial charge in [0, 0.05) is 18.2 Å². The van der Waals surface area contributed by atoms with Gasteiger partial charge < -0.3 is 9.88 Å². The Kier molecular flexibility index (Phi) is 3.27. The first kappa shape index (κ1) is 14.1. The van der Waals surface area contributed by atoms with Crippen molar-refractivity contribution in [1.29, 1.82) is 0 Å². The molecule has 0 bridgehead atoms. The van der Waals surface area contributed by atoms with Crippen molar-refractivity contribution < 1.29 is 4.79 Å². The third kappa shape index (κ3) is 2.23. The average molecular weight is 285 g/mol. The smallest absolute Gasteiger partial charge is 0.254 e. The fourth-order valence-corrected chi connectivity index (χ4v) is 3.22. The van der Waals surface area contributed by atoms with Crippen LogP contribution < -0.4 is 0 Å². The minimum Gasteiger partial charge on any atom is -0.345 e. The fourth-order valence-electron chi connectivity index (χ4n) is 3.22. The van der Waals surface area contributed by atoms with Gasteiger partial charge in [0.1, 0.15) is 0 Å². The summed E-state index contributed by atoms with van der Waals surface area (Å²) in [4.78, 5) is 22.2. The summed E-state index contributed by atoms with van der Waals surface area (Å²) in [6.07, 6.45) is 2.72. The van der Waals surface area contributed by atoms with Crippen LogP contribution in [0.2, 0.25) is 0 Å². The Labute approximate surface area is 125 Å². The molecule has 4 nitrogen and oxygen atoms in total. The van der Waals surface area contributed by atoms with Crippen molar-refractivity contribution >= 4 is 16.9 Å². The lowest BCUT2D eigenvalue weighted by molar-refractivity contribution is 0.00825. The maximum absolute atomic E-state index is 12.9. The first-order valence-electron chi connectivity index (χ1n) is 7.65. The molecule has 1 N–H and O–H groups in total. The van der Waals surface area contributed by atoms with Gasteiger partial charge in [-0.3, -0.25) is 4.79 Å². The van der Waals surface area contributed by atoms with Crippen LogP contribution in [0, 0.1) is 11.3 Å². The van der Waals surface area contributed by atoms with Crippen LogP contribution in [0.15, 0.2) is 24.5 Å². The SMILES string of the molecule is CC1CCN(C(=O)c2ccc3nc[nH]c3c2)C(C)C1(C)C. The van der Waals surface area contributed by atoms with E-state index in [1.54, 1.807) is 6.33 Å². The highest BCUT2D eigenvalue weighted by atomic mass is 16.2. The number of carbonyl (C=O) groups excluding carboxylic acids is 1. The standard InChI is InChI=1S/C17H23N3O/c1-11-7-8-20(12(2)17(11,3)4)16(21)13-5-6-14-15(9-13)19-10-18-14/h5-6,9-12H,7-8H2,1-4H3,(H,18,19). The maximum atomic E-state index is 12.9. The average Bonchev–Trinajstić information content (AvgIpc) is 2.92. The second-order valence-electron chi connectivity index (χ2n) is 6.82. The molecule has 1 aliphatic heterocycles. The van der Waals surface area contributed by atoms with Crippen LogP contribution in [-0.2, 0) is 0 Å². The molecule has 0 spiro atoms. The lowest BCUT2D eigenvalue weighted by atomic mass is 9.69. The number of piperidine rings is 1. The second-order valence-corrected chi connectivity index (χ2v) is 6.82. The van der Waals surface area contributed by atoms with Crippen LogP contribution in [0.3, 0.4) is 0 Å². The molecule has 1 aliphatic rings. The summed E-state index contributed by atoms with van der Waals surface area (Å²) in [6.45, 7) is 9.82. The zero-order chi connectivity index (χ0) is 15.2. The summed E-state index contributed by atoms with van der Waals surface area (Å²) in [6, 6.07) is 5.93. The number of hydrogen-bond acceptors (Lipinski definition) is 2. The number of fused-ring (bicyclic) bond motifs is 1. The summed E-state index contributed by atoms with van der Waals surface area (Å²) < 4.78 is 0. The van der Waals surface area contributed by atoms with E-state index in [4.69, 9.17) is 0 Å². The molecule has 2 aromatic rings. The van der Waals surface area contributed by atoms with E-state index in [0.29, 0.717) is 5.92 Å². The monoisotopic (exact) mass is 285 g/mol. The minimum atomic E-state index is 0.124. The number of amides is 1. The summed E-state index contributed by atoms with van der Waals surface area (Å²) in [5, 5.41) is 0. The van der Waals surface area contributed by atoms with Crippen LogP contribution in [0.4, 0.5) is 0 Å². The number of nitrogens with zero attached hydrogens (tertiary/aromatic N) is 2. The third-order valence-electron chi connectivity index (χ3n) is 5.55. The molecule has 3 rings (SSSR count). The number of aromatic amines is 1. The Morgan fingerprint density at radius 1 is 1.38 bits per heavy atom. The third-order valence-corrected chi connectivity index (χ3v) is 5.55. The van der Waals surface area contributed by atoms with Gasteiger partial charge in [-0.1, -0.05) is 20.8 Å². The van der Waals surface area contributed by atoms with Gasteiger partial charge in [-0.15, -0.1) is 0 Å².